The van der Waals surface area contributed by atoms with E-state index in [0.29, 0.717) is 6.42 Å². The molecule has 0 aromatic heterocycles. The molecule has 0 heterocycles. The van der Waals surface area contributed by atoms with E-state index in [0.717, 1.165) is 6.42 Å². The molecular formula is C6H12FIO. The smallest absolute Gasteiger partial charge is 0.0974 e. The Morgan fingerprint density at radius 3 is 2.44 bits per heavy atom. The van der Waals surface area contributed by atoms with Gasteiger partial charge in [-0.15, -0.1) is 0 Å². The molecule has 3 heteroatoms. The van der Waals surface area contributed by atoms with E-state index in [1.807, 2.05) is 0 Å². The fourth-order valence-corrected chi connectivity index (χ4v) is 0.861. The Bertz CT molecular complexity index is 68.1. The molecule has 0 radical (unpaired) electrons. The van der Waals surface area contributed by atoms with E-state index in [2.05, 4.69) is 22.6 Å². The van der Waals surface area contributed by atoms with Crippen molar-refractivity contribution >= 4 is 22.6 Å². The lowest BCUT2D eigenvalue weighted by Gasteiger charge is -2.05. The Morgan fingerprint density at radius 1 is 1.56 bits per heavy atom. The summed E-state index contributed by atoms with van der Waals surface area (Å²) in [4.78, 5) is 0. The third-order valence-corrected chi connectivity index (χ3v) is 2.09. The van der Waals surface area contributed by atoms with Crippen LogP contribution >= 0.6 is 22.6 Å². The van der Waals surface area contributed by atoms with Crippen molar-refractivity contribution in [1.29, 1.82) is 0 Å². The zero-order valence-electron chi connectivity index (χ0n) is 5.48. The van der Waals surface area contributed by atoms with Crippen molar-refractivity contribution in [1.82, 2.24) is 0 Å². The lowest BCUT2D eigenvalue weighted by atomic mass is 10.2. The van der Waals surface area contributed by atoms with E-state index < -0.39 is 6.17 Å². The summed E-state index contributed by atoms with van der Waals surface area (Å²) in [7, 11) is 0. The van der Waals surface area contributed by atoms with Crippen LogP contribution in [0.2, 0.25) is 0 Å². The fourth-order valence-electron chi connectivity index (χ4n) is 0.502. The lowest BCUT2D eigenvalue weighted by Crippen LogP contribution is -2.06. The highest BCUT2D eigenvalue weighted by Crippen LogP contribution is 2.10. The second kappa shape index (κ2) is 5.41. The Hall–Kier alpha value is 0.620. The maximum absolute atomic E-state index is 12.1. The summed E-state index contributed by atoms with van der Waals surface area (Å²) in [5.74, 6) is 0. The molecule has 2 atom stereocenters. The van der Waals surface area contributed by atoms with Crippen molar-refractivity contribution in [2.24, 2.45) is 0 Å². The molecule has 0 saturated carbocycles. The largest absolute Gasteiger partial charge is 0.395 e. The van der Waals surface area contributed by atoms with Gasteiger partial charge in [0.05, 0.1) is 12.8 Å². The monoisotopic (exact) mass is 246 g/mol. The summed E-state index contributed by atoms with van der Waals surface area (Å²) in [6, 6.07) is 0. The molecule has 0 aromatic carbocycles. The summed E-state index contributed by atoms with van der Waals surface area (Å²) in [5.41, 5.74) is 0. The van der Waals surface area contributed by atoms with E-state index in [4.69, 9.17) is 5.11 Å². The highest BCUT2D eigenvalue weighted by Gasteiger charge is 2.04. The van der Waals surface area contributed by atoms with Gasteiger partial charge in [-0.3, -0.25) is 0 Å². The minimum absolute atomic E-state index is 0.160. The molecule has 1 nitrogen and oxygen atoms in total. The second-order valence-electron chi connectivity index (χ2n) is 2.14. The molecule has 0 amide bonds. The Labute approximate surface area is 68.8 Å². The molecule has 0 aliphatic heterocycles. The minimum atomic E-state index is -0.728. The van der Waals surface area contributed by atoms with E-state index in [9.17, 15) is 4.39 Å². The first kappa shape index (κ1) is 9.62. The number of halogens is 2. The summed E-state index contributed by atoms with van der Waals surface area (Å²) in [6.07, 6.45) is 0.608. The number of hydrogen-bond acceptors (Lipinski definition) is 1. The molecule has 9 heavy (non-hydrogen) atoms. The van der Waals surface area contributed by atoms with E-state index in [1.54, 1.807) is 6.92 Å². The van der Waals surface area contributed by atoms with E-state index >= 15 is 0 Å². The van der Waals surface area contributed by atoms with Crippen LogP contribution in [-0.2, 0) is 0 Å². The SMILES string of the molecule is CC(F)CC[C@@H](I)CO. The van der Waals surface area contributed by atoms with Crippen molar-refractivity contribution in [3.8, 4) is 0 Å². The van der Waals surface area contributed by atoms with Gasteiger partial charge in [0.15, 0.2) is 0 Å². The van der Waals surface area contributed by atoms with Crippen LogP contribution in [-0.4, -0.2) is 21.8 Å². The van der Waals surface area contributed by atoms with Crippen molar-refractivity contribution < 1.29 is 9.50 Å². The molecule has 0 fully saturated rings. The Kier molecular flexibility index (Phi) is 5.78. The first-order chi connectivity index (χ1) is 4.16. The van der Waals surface area contributed by atoms with Crippen LogP contribution in [0, 0.1) is 0 Å². The van der Waals surface area contributed by atoms with Crippen LogP contribution in [0.4, 0.5) is 4.39 Å². The molecule has 0 spiro atoms. The topological polar surface area (TPSA) is 20.2 Å². The van der Waals surface area contributed by atoms with Gasteiger partial charge >= 0.3 is 0 Å². The van der Waals surface area contributed by atoms with Crippen LogP contribution < -0.4 is 0 Å². The van der Waals surface area contributed by atoms with Crippen molar-refractivity contribution in [2.75, 3.05) is 6.61 Å². The lowest BCUT2D eigenvalue weighted by molar-refractivity contribution is 0.278. The van der Waals surface area contributed by atoms with Gasteiger partial charge in [0.1, 0.15) is 0 Å². The zero-order chi connectivity index (χ0) is 7.28. The second-order valence-corrected chi connectivity index (χ2v) is 3.90. The average Bonchev–Trinajstić information content (AvgIpc) is 1.83. The van der Waals surface area contributed by atoms with Gasteiger partial charge in [-0.1, -0.05) is 22.6 Å². The Morgan fingerprint density at radius 2 is 2.11 bits per heavy atom. The van der Waals surface area contributed by atoms with Gasteiger partial charge in [-0.2, -0.15) is 0 Å². The maximum atomic E-state index is 12.1. The molecule has 0 aliphatic rings. The summed E-state index contributed by atoms with van der Waals surface area (Å²) < 4.78 is 12.3. The van der Waals surface area contributed by atoms with Crippen molar-refractivity contribution in [3.05, 3.63) is 0 Å². The van der Waals surface area contributed by atoms with Gasteiger partial charge in [-0.25, -0.2) is 4.39 Å². The molecule has 56 valence electrons. The quantitative estimate of drug-likeness (QED) is 0.593. The number of aliphatic hydroxyl groups excluding tert-OH is 1. The molecule has 0 aromatic rings. The molecule has 1 N–H and O–H groups in total. The molecule has 0 rings (SSSR count). The molecular weight excluding hydrogens is 234 g/mol. The molecule has 1 unspecified atom stereocenters. The fraction of sp³-hybridized carbons (Fsp3) is 1.00. The van der Waals surface area contributed by atoms with Gasteiger partial charge < -0.3 is 5.11 Å². The van der Waals surface area contributed by atoms with E-state index in [1.165, 1.54) is 0 Å². The zero-order valence-corrected chi connectivity index (χ0v) is 7.64. The van der Waals surface area contributed by atoms with Gasteiger partial charge in [-0.05, 0) is 19.8 Å². The third-order valence-electron chi connectivity index (χ3n) is 1.08. The van der Waals surface area contributed by atoms with Crippen LogP contribution in [0.15, 0.2) is 0 Å². The number of alkyl halides is 2. The maximum Gasteiger partial charge on any atom is 0.0974 e. The van der Waals surface area contributed by atoms with Gasteiger partial charge in [0.2, 0.25) is 0 Å². The van der Waals surface area contributed by atoms with E-state index in [-0.39, 0.29) is 10.5 Å². The van der Waals surface area contributed by atoms with Gasteiger partial charge in [0.25, 0.3) is 0 Å². The summed E-state index contributed by atoms with van der Waals surface area (Å²) >= 11 is 2.12. The van der Waals surface area contributed by atoms with Crippen molar-refractivity contribution in [3.63, 3.8) is 0 Å². The summed E-state index contributed by atoms with van der Waals surface area (Å²) in [5, 5.41) is 8.52. The predicted octanol–water partition coefficient (Wildman–Crippen LogP) is 1.92. The first-order valence-electron chi connectivity index (χ1n) is 3.05. The van der Waals surface area contributed by atoms with Crippen LogP contribution in [0.1, 0.15) is 19.8 Å². The number of aliphatic hydroxyl groups is 1. The average molecular weight is 246 g/mol. The van der Waals surface area contributed by atoms with Crippen LogP contribution in [0.3, 0.4) is 0 Å². The van der Waals surface area contributed by atoms with Crippen LogP contribution in [0.25, 0.3) is 0 Å². The minimum Gasteiger partial charge on any atom is -0.395 e. The number of rotatable bonds is 4. The van der Waals surface area contributed by atoms with Gasteiger partial charge in [0, 0.05) is 3.92 Å². The highest BCUT2D eigenvalue weighted by molar-refractivity contribution is 14.1. The summed E-state index contributed by atoms with van der Waals surface area (Å²) in [6.45, 7) is 1.70. The Balaban J connectivity index is 3.06. The first-order valence-corrected chi connectivity index (χ1v) is 4.30. The third kappa shape index (κ3) is 6.51. The molecule has 0 saturated heterocycles. The normalized spacial score (nSPS) is 17.3. The molecule has 0 aliphatic carbocycles. The van der Waals surface area contributed by atoms with Crippen molar-refractivity contribution in [2.45, 2.75) is 29.9 Å². The number of hydrogen-bond donors (Lipinski definition) is 1. The van der Waals surface area contributed by atoms with Crippen LogP contribution in [0.5, 0.6) is 0 Å². The predicted molar refractivity (Wildman–Crippen MR) is 44.7 cm³/mol. The standard InChI is InChI=1S/C6H12FIO/c1-5(7)2-3-6(8)4-9/h5-6,9H,2-4H2,1H3/t5?,6-/m1/s1. The highest BCUT2D eigenvalue weighted by atomic mass is 127. The molecule has 0 bridgehead atoms.